The topological polar surface area (TPSA) is 80.5 Å². The van der Waals surface area contributed by atoms with Gasteiger partial charge in [0.05, 0.1) is 11.1 Å². The molecule has 1 saturated heterocycles. The van der Waals surface area contributed by atoms with E-state index in [9.17, 15) is 23.2 Å². The lowest BCUT2D eigenvalue weighted by Gasteiger charge is -2.34. The summed E-state index contributed by atoms with van der Waals surface area (Å²) >= 11 is 0. The number of carbonyl (C=O) groups is 3. The maximum atomic E-state index is 13.4. The molecular formula is C16H16F2N2O3. The van der Waals surface area contributed by atoms with Crippen molar-refractivity contribution in [3.8, 4) is 0 Å². The molecule has 1 aliphatic carbocycles. The molecule has 2 aliphatic rings. The van der Waals surface area contributed by atoms with E-state index in [1.165, 1.54) is 0 Å². The smallest absolute Gasteiger partial charge is 0.240 e. The molecule has 3 rings (SSSR count). The van der Waals surface area contributed by atoms with Crippen LogP contribution in [0.4, 0.5) is 14.5 Å². The van der Waals surface area contributed by atoms with E-state index in [2.05, 4.69) is 0 Å². The molecule has 5 nitrogen and oxygen atoms in total. The van der Waals surface area contributed by atoms with Crippen LogP contribution in [0, 0.1) is 23.0 Å². The molecule has 1 aromatic carbocycles. The van der Waals surface area contributed by atoms with Crippen molar-refractivity contribution >= 4 is 23.4 Å². The quantitative estimate of drug-likeness (QED) is 0.844. The molecule has 2 fully saturated rings. The van der Waals surface area contributed by atoms with Crippen molar-refractivity contribution in [1.29, 1.82) is 0 Å². The Bertz CT molecular complexity index is 686. The zero-order chi connectivity index (χ0) is 16.8. The SMILES string of the molecule is NC(=O)C1CCCC2(CC(=O)N(c3cc(F)cc(F)c3)C2=O)C1. The first kappa shape index (κ1) is 15.6. The molecule has 23 heavy (non-hydrogen) atoms. The molecule has 2 atom stereocenters. The Kier molecular flexibility index (Phi) is 3.66. The van der Waals surface area contributed by atoms with E-state index in [1.54, 1.807) is 0 Å². The molecule has 1 spiro atoms. The fourth-order valence-corrected chi connectivity index (χ4v) is 3.68. The molecule has 0 bridgehead atoms. The molecule has 0 aromatic heterocycles. The summed E-state index contributed by atoms with van der Waals surface area (Å²) in [5, 5.41) is 0. The zero-order valence-electron chi connectivity index (χ0n) is 12.4. The van der Waals surface area contributed by atoms with Crippen molar-refractivity contribution in [3.05, 3.63) is 29.8 Å². The molecule has 0 radical (unpaired) electrons. The first-order valence-electron chi connectivity index (χ1n) is 7.45. The number of anilines is 1. The second kappa shape index (κ2) is 5.40. The van der Waals surface area contributed by atoms with E-state index in [0.717, 1.165) is 17.0 Å². The summed E-state index contributed by atoms with van der Waals surface area (Å²) in [6.45, 7) is 0. The van der Waals surface area contributed by atoms with Crippen molar-refractivity contribution in [2.24, 2.45) is 17.1 Å². The van der Waals surface area contributed by atoms with Crippen molar-refractivity contribution in [2.45, 2.75) is 32.1 Å². The van der Waals surface area contributed by atoms with E-state index in [-0.39, 0.29) is 18.5 Å². The molecule has 1 saturated carbocycles. The van der Waals surface area contributed by atoms with Gasteiger partial charge in [0.15, 0.2) is 0 Å². The molecule has 1 aliphatic heterocycles. The molecule has 7 heteroatoms. The van der Waals surface area contributed by atoms with Gasteiger partial charge in [0.25, 0.3) is 0 Å². The van der Waals surface area contributed by atoms with Crippen LogP contribution in [0.3, 0.4) is 0 Å². The van der Waals surface area contributed by atoms with Crippen molar-refractivity contribution in [1.82, 2.24) is 0 Å². The average Bonchev–Trinajstić information content (AvgIpc) is 2.68. The lowest BCUT2D eigenvalue weighted by molar-refractivity contribution is -0.131. The van der Waals surface area contributed by atoms with Gasteiger partial charge in [0.1, 0.15) is 11.6 Å². The van der Waals surface area contributed by atoms with E-state index < -0.39 is 40.7 Å². The highest BCUT2D eigenvalue weighted by Gasteiger charge is 2.54. The molecular weight excluding hydrogens is 306 g/mol. The Morgan fingerprint density at radius 2 is 1.87 bits per heavy atom. The van der Waals surface area contributed by atoms with Crippen LogP contribution in [0.1, 0.15) is 32.1 Å². The number of rotatable bonds is 2. The zero-order valence-corrected chi connectivity index (χ0v) is 12.4. The number of imide groups is 1. The molecule has 122 valence electrons. The molecule has 3 amide bonds. The van der Waals surface area contributed by atoms with Gasteiger partial charge in [-0.25, -0.2) is 13.7 Å². The van der Waals surface area contributed by atoms with Crippen LogP contribution in [0.15, 0.2) is 18.2 Å². The van der Waals surface area contributed by atoms with Crippen molar-refractivity contribution in [2.75, 3.05) is 4.90 Å². The maximum absolute atomic E-state index is 13.4. The Hall–Kier alpha value is -2.31. The summed E-state index contributed by atoms with van der Waals surface area (Å²) in [5.74, 6) is -3.67. The van der Waals surface area contributed by atoms with Crippen LogP contribution in [-0.2, 0) is 14.4 Å². The third-order valence-corrected chi connectivity index (χ3v) is 4.75. The summed E-state index contributed by atoms with van der Waals surface area (Å²) in [4.78, 5) is 37.4. The van der Waals surface area contributed by atoms with Crippen LogP contribution in [0.25, 0.3) is 0 Å². The lowest BCUT2D eigenvalue weighted by atomic mass is 9.68. The summed E-state index contributed by atoms with van der Waals surface area (Å²) < 4.78 is 26.8. The summed E-state index contributed by atoms with van der Waals surface area (Å²) in [6, 6.07) is 2.58. The highest BCUT2D eigenvalue weighted by molar-refractivity contribution is 6.22. The standard InChI is InChI=1S/C16H16F2N2O3/c17-10-4-11(18)6-12(5-10)20-13(21)8-16(15(20)23)3-1-2-9(7-16)14(19)22/h4-6,9H,1-3,7-8H2,(H2,19,22). The van der Waals surface area contributed by atoms with Gasteiger partial charge in [-0.1, -0.05) is 6.42 Å². The highest BCUT2D eigenvalue weighted by atomic mass is 19.1. The number of nitrogens with zero attached hydrogens (tertiary/aromatic N) is 1. The molecule has 2 N–H and O–H groups in total. The van der Waals surface area contributed by atoms with Crippen LogP contribution < -0.4 is 10.6 Å². The van der Waals surface area contributed by atoms with Crippen LogP contribution in [0.2, 0.25) is 0 Å². The van der Waals surface area contributed by atoms with Gasteiger partial charge in [-0.15, -0.1) is 0 Å². The van der Waals surface area contributed by atoms with Crippen LogP contribution >= 0.6 is 0 Å². The Labute approximate surface area is 131 Å². The Morgan fingerprint density at radius 1 is 1.22 bits per heavy atom. The van der Waals surface area contributed by atoms with Gasteiger partial charge < -0.3 is 5.73 Å². The number of amides is 3. The number of hydrogen-bond donors (Lipinski definition) is 1. The maximum Gasteiger partial charge on any atom is 0.240 e. The van der Waals surface area contributed by atoms with Gasteiger partial charge in [0, 0.05) is 18.4 Å². The fraction of sp³-hybridized carbons (Fsp3) is 0.438. The molecule has 1 heterocycles. The van der Waals surface area contributed by atoms with Gasteiger partial charge in [-0.2, -0.15) is 0 Å². The van der Waals surface area contributed by atoms with E-state index >= 15 is 0 Å². The van der Waals surface area contributed by atoms with E-state index in [0.29, 0.717) is 25.3 Å². The number of primary amides is 1. The summed E-state index contributed by atoms with van der Waals surface area (Å²) in [5.41, 5.74) is 4.23. The predicted octanol–water partition coefficient (Wildman–Crippen LogP) is 1.89. The van der Waals surface area contributed by atoms with E-state index in [1.807, 2.05) is 0 Å². The van der Waals surface area contributed by atoms with Gasteiger partial charge in [-0.05, 0) is 31.4 Å². The number of benzene rings is 1. The largest absolute Gasteiger partial charge is 0.369 e. The minimum atomic E-state index is -0.988. The first-order chi connectivity index (χ1) is 10.8. The van der Waals surface area contributed by atoms with Crippen LogP contribution in [0.5, 0.6) is 0 Å². The third-order valence-electron chi connectivity index (χ3n) is 4.75. The van der Waals surface area contributed by atoms with Gasteiger partial charge in [-0.3, -0.25) is 14.4 Å². The summed E-state index contributed by atoms with van der Waals surface area (Å²) in [7, 11) is 0. The monoisotopic (exact) mass is 322 g/mol. The second-order valence-corrected chi connectivity index (χ2v) is 6.31. The second-order valence-electron chi connectivity index (χ2n) is 6.31. The van der Waals surface area contributed by atoms with E-state index in [4.69, 9.17) is 5.73 Å². The molecule has 2 unspecified atom stereocenters. The van der Waals surface area contributed by atoms with Gasteiger partial charge in [0.2, 0.25) is 17.7 Å². The van der Waals surface area contributed by atoms with Crippen molar-refractivity contribution < 1.29 is 23.2 Å². The normalized spacial score (nSPS) is 27.7. The van der Waals surface area contributed by atoms with Crippen molar-refractivity contribution in [3.63, 3.8) is 0 Å². The minimum Gasteiger partial charge on any atom is -0.369 e. The predicted molar refractivity (Wildman–Crippen MR) is 77.1 cm³/mol. The number of nitrogens with two attached hydrogens (primary N) is 1. The van der Waals surface area contributed by atoms with Gasteiger partial charge >= 0.3 is 0 Å². The fourth-order valence-electron chi connectivity index (χ4n) is 3.68. The Morgan fingerprint density at radius 3 is 2.48 bits per heavy atom. The minimum absolute atomic E-state index is 0.0618. The Balaban J connectivity index is 1.95. The average molecular weight is 322 g/mol. The third kappa shape index (κ3) is 2.60. The highest BCUT2D eigenvalue weighted by Crippen LogP contribution is 2.48. The lowest BCUT2D eigenvalue weighted by Crippen LogP contribution is -2.41. The van der Waals surface area contributed by atoms with Crippen LogP contribution in [-0.4, -0.2) is 17.7 Å². The number of halogens is 2. The summed E-state index contributed by atoms with van der Waals surface area (Å²) in [6.07, 6.45) is 1.82. The first-order valence-corrected chi connectivity index (χ1v) is 7.45. The number of hydrogen-bond acceptors (Lipinski definition) is 3. The molecule has 1 aromatic rings. The number of carbonyl (C=O) groups excluding carboxylic acids is 3.